The quantitative estimate of drug-likeness (QED) is 0.881. The van der Waals surface area contributed by atoms with E-state index in [1.54, 1.807) is 19.2 Å². The molecule has 0 bridgehead atoms. The molecular formula is C20H23ClN2O2. The van der Waals surface area contributed by atoms with Gasteiger partial charge in [-0.25, -0.2) is 0 Å². The van der Waals surface area contributed by atoms with Gasteiger partial charge in [0.2, 0.25) is 0 Å². The first-order valence-electron chi connectivity index (χ1n) is 8.50. The SMILES string of the molecule is COc1cccc(C(=O)NCC2CCN(c3cc(Cl)ccc3C)C2)c1. The van der Waals surface area contributed by atoms with E-state index in [1.165, 1.54) is 11.3 Å². The van der Waals surface area contributed by atoms with E-state index in [2.05, 4.69) is 23.2 Å². The van der Waals surface area contributed by atoms with E-state index < -0.39 is 0 Å². The number of benzene rings is 2. The summed E-state index contributed by atoms with van der Waals surface area (Å²) in [4.78, 5) is 14.7. The maximum Gasteiger partial charge on any atom is 0.251 e. The second-order valence-electron chi connectivity index (χ2n) is 6.47. The third-order valence-electron chi connectivity index (χ3n) is 4.68. The van der Waals surface area contributed by atoms with Crippen molar-refractivity contribution in [3.05, 3.63) is 58.6 Å². The first kappa shape index (κ1) is 17.6. The van der Waals surface area contributed by atoms with Gasteiger partial charge >= 0.3 is 0 Å². The highest BCUT2D eigenvalue weighted by molar-refractivity contribution is 6.30. The van der Waals surface area contributed by atoms with Gasteiger partial charge in [0.1, 0.15) is 5.75 Å². The zero-order valence-electron chi connectivity index (χ0n) is 14.6. The average molecular weight is 359 g/mol. The molecule has 1 aliphatic rings. The zero-order chi connectivity index (χ0) is 17.8. The molecule has 0 radical (unpaired) electrons. The number of methoxy groups -OCH3 is 1. The molecule has 5 heteroatoms. The van der Waals surface area contributed by atoms with Crippen LogP contribution in [0.3, 0.4) is 0 Å². The zero-order valence-corrected chi connectivity index (χ0v) is 15.3. The molecule has 1 unspecified atom stereocenters. The van der Waals surface area contributed by atoms with Crippen molar-refractivity contribution in [1.29, 1.82) is 0 Å². The largest absolute Gasteiger partial charge is 0.497 e. The molecule has 25 heavy (non-hydrogen) atoms. The van der Waals surface area contributed by atoms with Gasteiger partial charge in [-0.2, -0.15) is 0 Å². The Balaban J connectivity index is 1.56. The third-order valence-corrected chi connectivity index (χ3v) is 4.92. The Labute approximate surface area is 153 Å². The Kier molecular flexibility index (Phi) is 5.49. The number of carbonyl (C=O) groups is 1. The van der Waals surface area contributed by atoms with E-state index in [0.717, 1.165) is 24.5 Å². The van der Waals surface area contributed by atoms with Crippen LogP contribution in [-0.4, -0.2) is 32.7 Å². The Morgan fingerprint density at radius 2 is 2.16 bits per heavy atom. The molecule has 1 heterocycles. The predicted octanol–water partition coefficient (Wildman–Crippen LogP) is 3.91. The Hall–Kier alpha value is -2.20. The van der Waals surface area contributed by atoms with Crippen molar-refractivity contribution in [2.75, 3.05) is 31.6 Å². The summed E-state index contributed by atoms with van der Waals surface area (Å²) in [6.45, 7) is 4.69. The molecule has 2 aromatic rings. The highest BCUT2D eigenvalue weighted by Crippen LogP contribution is 2.29. The summed E-state index contributed by atoms with van der Waals surface area (Å²) in [6, 6.07) is 13.2. The molecule has 1 saturated heterocycles. The number of anilines is 1. The monoisotopic (exact) mass is 358 g/mol. The highest BCUT2D eigenvalue weighted by atomic mass is 35.5. The van der Waals surface area contributed by atoms with Crippen LogP contribution >= 0.6 is 11.6 Å². The number of carbonyl (C=O) groups excluding carboxylic acids is 1. The van der Waals surface area contributed by atoms with E-state index in [-0.39, 0.29) is 5.91 Å². The van der Waals surface area contributed by atoms with Crippen LogP contribution < -0.4 is 15.0 Å². The smallest absolute Gasteiger partial charge is 0.251 e. The molecule has 1 amide bonds. The van der Waals surface area contributed by atoms with Crippen LogP contribution in [0.2, 0.25) is 5.02 Å². The number of hydrogen-bond acceptors (Lipinski definition) is 3. The van der Waals surface area contributed by atoms with Crippen LogP contribution in [0.25, 0.3) is 0 Å². The molecule has 0 saturated carbocycles. The first-order chi connectivity index (χ1) is 12.1. The molecule has 2 aromatic carbocycles. The van der Waals surface area contributed by atoms with E-state index in [1.807, 2.05) is 24.3 Å². The van der Waals surface area contributed by atoms with Crippen LogP contribution in [0, 0.1) is 12.8 Å². The van der Waals surface area contributed by atoms with Gasteiger partial charge in [-0.3, -0.25) is 4.79 Å². The number of halogens is 1. The van der Waals surface area contributed by atoms with Crippen molar-refractivity contribution in [2.24, 2.45) is 5.92 Å². The third kappa shape index (κ3) is 4.26. The van der Waals surface area contributed by atoms with Crippen molar-refractivity contribution in [3.8, 4) is 5.75 Å². The summed E-state index contributed by atoms with van der Waals surface area (Å²) < 4.78 is 5.17. The van der Waals surface area contributed by atoms with E-state index in [4.69, 9.17) is 16.3 Å². The van der Waals surface area contributed by atoms with Gasteiger partial charge < -0.3 is 15.0 Å². The lowest BCUT2D eigenvalue weighted by Gasteiger charge is -2.21. The number of hydrogen-bond donors (Lipinski definition) is 1. The van der Waals surface area contributed by atoms with Crippen molar-refractivity contribution in [2.45, 2.75) is 13.3 Å². The second-order valence-corrected chi connectivity index (χ2v) is 6.91. The molecular weight excluding hydrogens is 336 g/mol. The summed E-state index contributed by atoms with van der Waals surface area (Å²) in [5, 5.41) is 3.80. The van der Waals surface area contributed by atoms with Gasteiger partial charge in [0.25, 0.3) is 5.91 Å². The number of ether oxygens (including phenoxy) is 1. The summed E-state index contributed by atoms with van der Waals surface area (Å²) >= 11 is 6.13. The molecule has 4 nitrogen and oxygen atoms in total. The van der Waals surface area contributed by atoms with Crippen LogP contribution in [0.1, 0.15) is 22.3 Å². The van der Waals surface area contributed by atoms with Gasteiger partial charge in [-0.1, -0.05) is 23.7 Å². The predicted molar refractivity (Wildman–Crippen MR) is 102 cm³/mol. The molecule has 0 aliphatic carbocycles. The highest BCUT2D eigenvalue weighted by Gasteiger charge is 2.24. The van der Waals surface area contributed by atoms with Crippen LogP contribution in [0.15, 0.2) is 42.5 Å². The molecule has 3 rings (SSSR count). The summed E-state index contributed by atoms with van der Waals surface area (Å²) in [7, 11) is 1.60. The minimum absolute atomic E-state index is 0.0590. The minimum atomic E-state index is -0.0590. The van der Waals surface area contributed by atoms with Crippen LogP contribution in [0.4, 0.5) is 5.69 Å². The molecule has 1 aliphatic heterocycles. The van der Waals surface area contributed by atoms with Gasteiger partial charge in [0, 0.05) is 35.9 Å². The van der Waals surface area contributed by atoms with Gasteiger partial charge in [0.05, 0.1) is 7.11 Å². The number of rotatable bonds is 5. The Morgan fingerprint density at radius 1 is 1.32 bits per heavy atom. The summed E-state index contributed by atoms with van der Waals surface area (Å²) in [5.41, 5.74) is 3.04. The molecule has 1 atom stereocenters. The fraction of sp³-hybridized carbons (Fsp3) is 0.350. The van der Waals surface area contributed by atoms with Crippen molar-refractivity contribution < 1.29 is 9.53 Å². The van der Waals surface area contributed by atoms with Gasteiger partial charge in [0.15, 0.2) is 0 Å². The number of amides is 1. The molecule has 1 N–H and O–H groups in total. The second kappa shape index (κ2) is 7.79. The summed E-state index contributed by atoms with van der Waals surface area (Å²) in [5.74, 6) is 1.07. The summed E-state index contributed by atoms with van der Waals surface area (Å²) in [6.07, 6.45) is 1.06. The van der Waals surface area contributed by atoms with E-state index >= 15 is 0 Å². The number of nitrogens with one attached hydrogen (secondary N) is 1. The van der Waals surface area contributed by atoms with Gasteiger partial charge in [-0.15, -0.1) is 0 Å². The van der Waals surface area contributed by atoms with Gasteiger partial charge in [-0.05, 0) is 55.2 Å². The fourth-order valence-electron chi connectivity index (χ4n) is 3.24. The van der Waals surface area contributed by atoms with E-state index in [0.29, 0.717) is 23.8 Å². The molecule has 1 fully saturated rings. The molecule has 132 valence electrons. The van der Waals surface area contributed by atoms with Crippen LogP contribution in [0.5, 0.6) is 5.75 Å². The number of nitrogens with zero attached hydrogens (tertiary/aromatic N) is 1. The lowest BCUT2D eigenvalue weighted by Crippen LogP contribution is -2.31. The first-order valence-corrected chi connectivity index (χ1v) is 8.88. The topological polar surface area (TPSA) is 41.6 Å². The molecule has 0 aromatic heterocycles. The average Bonchev–Trinajstić information content (AvgIpc) is 3.10. The van der Waals surface area contributed by atoms with E-state index in [9.17, 15) is 4.79 Å². The molecule has 0 spiro atoms. The Bertz CT molecular complexity index is 763. The lowest BCUT2D eigenvalue weighted by molar-refractivity contribution is 0.0948. The van der Waals surface area contributed by atoms with Crippen LogP contribution in [-0.2, 0) is 0 Å². The lowest BCUT2D eigenvalue weighted by atomic mass is 10.1. The maximum atomic E-state index is 12.3. The van der Waals surface area contributed by atoms with Crippen molar-refractivity contribution >= 4 is 23.2 Å². The van der Waals surface area contributed by atoms with Crippen molar-refractivity contribution in [1.82, 2.24) is 5.32 Å². The maximum absolute atomic E-state index is 12.3. The minimum Gasteiger partial charge on any atom is -0.497 e. The Morgan fingerprint density at radius 3 is 2.96 bits per heavy atom. The van der Waals surface area contributed by atoms with Crippen molar-refractivity contribution in [3.63, 3.8) is 0 Å². The fourth-order valence-corrected chi connectivity index (χ4v) is 3.41. The standard InChI is InChI=1S/C20H23ClN2O2/c1-14-6-7-17(21)11-19(14)23-9-8-15(13-23)12-22-20(24)16-4-3-5-18(10-16)25-2/h3-7,10-11,15H,8-9,12-13H2,1-2H3,(H,22,24). The normalized spacial score (nSPS) is 16.8. The number of aryl methyl sites for hydroxylation is 1.